The van der Waals surface area contributed by atoms with E-state index in [2.05, 4.69) is 5.32 Å². The number of alkyl halides is 3. The molecular weight excluding hydrogens is 285 g/mol. The highest BCUT2D eigenvalue weighted by Gasteiger charge is 2.34. The van der Waals surface area contributed by atoms with Crippen LogP contribution < -0.4 is 10.1 Å². The molecule has 1 rings (SSSR count). The van der Waals surface area contributed by atoms with Gasteiger partial charge >= 0.3 is 6.18 Å². The van der Waals surface area contributed by atoms with E-state index < -0.39 is 28.7 Å². The molecule has 8 heteroatoms. The van der Waals surface area contributed by atoms with E-state index in [1.807, 2.05) is 0 Å². The number of nitrogens with one attached hydrogen (secondary N) is 1. The van der Waals surface area contributed by atoms with Crippen LogP contribution in [-0.2, 0) is 6.18 Å². The largest absolute Gasteiger partial charge is 0.497 e. The van der Waals surface area contributed by atoms with E-state index in [0.717, 1.165) is 12.1 Å². The van der Waals surface area contributed by atoms with Crippen LogP contribution in [0.1, 0.15) is 5.56 Å². The summed E-state index contributed by atoms with van der Waals surface area (Å²) in [5, 5.41) is 28.3. The van der Waals surface area contributed by atoms with Gasteiger partial charge in [0.1, 0.15) is 29.7 Å². The summed E-state index contributed by atoms with van der Waals surface area (Å²) < 4.78 is 43.6. The quantitative estimate of drug-likeness (QED) is 0.864. The number of ether oxygens (including phenoxy) is 1. The Morgan fingerprint density at radius 1 is 1.14 bits per heavy atom. The maximum Gasteiger partial charge on any atom is 0.418 e. The molecule has 5 nitrogen and oxygen atoms in total. The molecule has 0 aliphatic heterocycles. The fourth-order valence-electron chi connectivity index (χ4n) is 1.41. The Balaban J connectivity index is 3.40. The van der Waals surface area contributed by atoms with Gasteiger partial charge in [-0.15, -0.1) is 0 Å². The van der Waals surface area contributed by atoms with E-state index in [0.29, 0.717) is 0 Å². The van der Waals surface area contributed by atoms with Gasteiger partial charge in [0.05, 0.1) is 18.4 Å². The van der Waals surface area contributed by atoms with Gasteiger partial charge in [-0.3, -0.25) is 0 Å². The molecule has 0 radical (unpaired) electrons. The van der Waals surface area contributed by atoms with E-state index in [4.69, 9.17) is 20.5 Å². The average molecular weight is 292 g/mol. The molecule has 21 heavy (non-hydrogen) atoms. The molecule has 1 aromatic rings. The fraction of sp³-hybridized carbons (Fsp3) is 0.154. The third-order valence-corrected chi connectivity index (χ3v) is 2.38. The van der Waals surface area contributed by atoms with Crippen molar-refractivity contribution >= 4 is 5.69 Å². The highest BCUT2D eigenvalue weighted by Crippen LogP contribution is 2.37. The SMILES string of the molecule is COc1ccc(NC(C#N)=C(C#N)C#N)c(C(F)(F)F)c1. The molecule has 0 atom stereocenters. The minimum Gasteiger partial charge on any atom is -0.497 e. The summed E-state index contributed by atoms with van der Waals surface area (Å²) in [4.78, 5) is 0. The zero-order valence-electron chi connectivity index (χ0n) is 10.6. The Kier molecular flexibility index (Phi) is 4.77. The van der Waals surface area contributed by atoms with Crippen molar-refractivity contribution < 1.29 is 17.9 Å². The third-order valence-electron chi connectivity index (χ3n) is 2.38. The molecule has 0 bridgehead atoms. The highest BCUT2D eigenvalue weighted by atomic mass is 19.4. The number of nitrogens with zero attached hydrogens (tertiary/aromatic N) is 3. The monoisotopic (exact) mass is 292 g/mol. The van der Waals surface area contributed by atoms with Crippen LogP contribution in [0, 0.1) is 34.0 Å². The molecule has 0 saturated carbocycles. The molecule has 0 aromatic heterocycles. The summed E-state index contributed by atoms with van der Waals surface area (Å²) in [5.74, 6) is -0.0175. The summed E-state index contributed by atoms with van der Waals surface area (Å²) in [6, 6.07) is 7.40. The molecule has 0 spiro atoms. The normalized spacial score (nSPS) is 9.76. The van der Waals surface area contributed by atoms with Crippen LogP contribution in [0.5, 0.6) is 5.75 Å². The van der Waals surface area contributed by atoms with Crippen LogP contribution in [-0.4, -0.2) is 7.11 Å². The number of anilines is 1. The topological polar surface area (TPSA) is 92.6 Å². The van der Waals surface area contributed by atoms with E-state index >= 15 is 0 Å². The number of methoxy groups -OCH3 is 1. The Morgan fingerprint density at radius 3 is 2.19 bits per heavy atom. The number of benzene rings is 1. The van der Waals surface area contributed by atoms with Crippen LogP contribution >= 0.6 is 0 Å². The van der Waals surface area contributed by atoms with Crippen molar-refractivity contribution in [2.75, 3.05) is 12.4 Å². The third kappa shape index (κ3) is 3.65. The van der Waals surface area contributed by atoms with E-state index in [1.165, 1.54) is 31.4 Å². The first-order valence-corrected chi connectivity index (χ1v) is 5.34. The number of allylic oxidation sites excluding steroid dienone is 2. The van der Waals surface area contributed by atoms with Crippen molar-refractivity contribution in [2.24, 2.45) is 0 Å². The zero-order valence-corrected chi connectivity index (χ0v) is 10.6. The van der Waals surface area contributed by atoms with Crippen LogP contribution in [0.4, 0.5) is 18.9 Å². The highest BCUT2D eigenvalue weighted by molar-refractivity contribution is 5.63. The predicted molar refractivity (Wildman–Crippen MR) is 65.5 cm³/mol. The molecule has 106 valence electrons. The Hall–Kier alpha value is -3.18. The molecule has 0 fully saturated rings. The molecule has 0 heterocycles. The first-order valence-electron chi connectivity index (χ1n) is 5.34. The van der Waals surface area contributed by atoms with Crippen LogP contribution in [0.15, 0.2) is 29.5 Å². The Bertz CT molecular complexity index is 686. The van der Waals surface area contributed by atoms with Gasteiger partial charge in [0, 0.05) is 0 Å². The second-order valence-corrected chi connectivity index (χ2v) is 3.62. The molecular formula is C13H7F3N4O. The van der Waals surface area contributed by atoms with Crippen LogP contribution in [0.3, 0.4) is 0 Å². The van der Waals surface area contributed by atoms with Crippen LogP contribution in [0.25, 0.3) is 0 Å². The van der Waals surface area contributed by atoms with Crippen molar-refractivity contribution in [3.05, 3.63) is 35.0 Å². The zero-order chi connectivity index (χ0) is 16.0. The van der Waals surface area contributed by atoms with Gasteiger partial charge in [0.2, 0.25) is 0 Å². The number of hydrogen-bond acceptors (Lipinski definition) is 5. The van der Waals surface area contributed by atoms with Crippen molar-refractivity contribution in [3.8, 4) is 24.0 Å². The van der Waals surface area contributed by atoms with Crippen LogP contribution in [0.2, 0.25) is 0 Å². The molecule has 0 unspecified atom stereocenters. The lowest BCUT2D eigenvalue weighted by Crippen LogP contribution is -2.11. The number of rotatable bonds is 3. The number of hydrogen-bond donors (Lipinski definition) is 1. The van der Waals surface area contributed by atoms with Gasteiger partial charge in [-0.1, -0.05) is 0 Å². The van der Waals surface area contributed by atoms with E-state index in [-0.39, 0.29) is 5.75 Å². The average Bonchev–Trinajstić information content (AvgIpc) is 2.46. The lowest BCUT2D eigenvalue weighted by molar-refractivity contribution is -0.137. The minimum absolute atomic E-state index is 0.0175. The van der Waals surface area contributed by atoms with Gasteiger partial charge in [-0.2, -0.15) is 29.0 Å². The van der Waals surface area contributed by atoms with E-state index in [9.17, 15) is 13.2 Å². The molecule has 0 aliphatic rings. The van der Waals surface area contributed by atoms with Gasteiger partial charge in [-0.25, -0.2) is 0 Å². The molecule has 1 N–H and O–H groups in total. The number of halogens is 3. The number of nitriles is 3. The summed E-state index contributed by atoms with van der Waals surface area (Å²) in [6.45, 7) is 0. The second-order valence-electron chi connectivity index (χ2n) is 3.62. The van der Waals surface area contributed by atoms with E-state index in [1.54, 1.807) is 0 Å². The van der Waals surface area contributed by atoms with Gasteiger partial charge in [-0.05, 0) is 18.2 Å². The van der Waals surface area contributed by atoms with Gasteiger partial charge < -0.3 is 10.1 Å². The summed E-state index contributed by atoms with van der Waals surface area (Å²) in [5.41, 5.74) is -2.70. The van der Waals surface area contributed by atoms with Gasteiger partial charge in [0.25, 0.3) is 0 Å². The van der Waals surface area contributed by atoms with Crippen molar-refractivity contribution in [1.82, 2.24) is 0 Å². The van der Waals surface area contributed by atoms with Crippen molar-refractivity contribution in [2.45, 2.75) is 6.18 Å². The van der Waals surface area contributed by atoms with Crippen molar-refractivity contribution in [1.29, 1.82) is 15.8 Å². The lowest BCUT2D eigenvalue weighted by Gasteiger charge is -2.15. The first kappa shape index (κ1) is 15.9. The summed E-state index contributed by atoms with van der Waals surface area (Å²) in [7, 11) is 1.21. The minimum atomic E-state index is -4.70. The first-order chi connectivity index (χ1) is 9.87. The predicted octanol–water partition coefficient (Wildman–Crippen LogP) is 2.95. The smallest absolute Gasteiger partial charge is 0.418 e. The van der Waals surface area contributed by atoms with Gasteiger partial charge in [0.15, 0.2) is 5.57 Å². The maximum absolute atomic E-state index is 13.0. The molecule has 0 amide bonds. The lowest BCUT2D eigenvalue weighted by atomic mass is 10.1. The Labute approximate surface area is 118 Å². The second kappa shape index (κ2) is 6.31. The summed E-state index contributed by atoms with van der Waals surface area (Å²) >= 11 is 0. The molecule has 0 saturated heterocycles. The maximum atomic E-state index is 13.0. The molecule has 0 aliphatic carbocycles. The van der Waals surface area contributed by atoms with Crippen molar-refractivity contribution in [3.63, 3.8) is 0 Å². The molecule has 1 aromatic carbocycles. The standard InChI is InChI=1S/C13H7F3N4O/c1-21-9-2-3-11(10(4-9)13(14,15)16)20-12(7-19)8(5-17)6-18/h2-4,20H,1H3. The summed E-state index contributed by atoms with van der Waals surface area (Å²) in [6.07, 6.45) is -4.70. The fourth-order valence-corrected chi connectivity index (χ4v) is 1.41. The Morgan fingerprint density at radius 2 is 1.76 bits per heavy atom.